The molecule has 2 N–H and O–H groups in total. The van der Waals surface area contributed by atoms with E-state index in [-0.39, 0.29) is 35.7 Å². The first-order valence-corrected chi connectivity index (χ1v) is 9.43. The molecule has 0 atom stereocenters. The third-order valence-electron chi connectivity index (χ3n) is 4.02. The average molecular weight is 402 g/mol. The van der Waals surface area contributed by atoms with Crippen LogP contribution < -0.4 is 15.6 Å². The number of nitrogens with one attached hydrogen (secondary N) is 2. The van der Waals surface area contributed by atoms with Gasteiger partial charge < -0.3 is 15.0 Å². The van der Waals surface area contributed by atoms with Gasteiger partial charge in [-0.2, -0.15) is 0 Å². The van der Waals surface area contributed by atoms with Crippen LogP contribution >= 0.6 is 11.8 Å². The van der Waals surface area contributed by atoms with E-state index >= 15 is 0 Å². The molecule has 1 aliphatic rings. The van der Waals surface area contributed by atoms with Gasteiger partial charge in [0.1, 0.15) is 17.3 Å². The Labute approximate surface area is 164 Å². The maximum absolute atomic E-state index is 12.3. The van der Waals surface area contributed by atoms with E-state index in [0.717, 1.165) is 28.3 Å². The molecule has 1 aromatic heterocycles. The minimum Gasteiger partial charge on any atom is -0.497 e. The molecule has 0 spiro atoms. The first-order chi connectivity index (χ1) is 13.5. The molecule has 3 rings (SSSR count). The predicted molar refractivity (Wildman–Crippen MR) is 103 cm³/mol. The summed E-state index contributed by atoms with van der Waals surface area (Å²) in [5, 5.41) is 2.25. The van der Waals surface area contributed by atoms with Crippen LogP contribution in [0.25, 0.3) is 0 Å². The predicted octanol–water partition coefficient (Wildman–Crippen LogP) is 0.794. The van der Waals surface area contributed by atoms with Gasteiger partial charge >= 0.3 is 0 Å². The number of ether oxygens (including phenoxy) is 1. The molecule has 10 heteroatoms. The largest absolute Gasteiger partial charge is 0.497 e. The number of thioether (sulfide) groups is 1. The molecule has 0 saturated carbocycles. The van der Waals surface area contributed by atoms with Gasteiger partial charge in [-0.1, -0.05) is 23.9 Å². The average Bonchev–Trinajstić information content (AvgIpc) is 3.00. The van der Waals surface area contributed by atoms with Crippen LogP contribution in [-0.2, 0) is 11.2 Å². The molecule has 2 heterocycles. The smallest absolute Gasteiger partial charge is 0.288 e. The molecule has 0 radical (unpaired) electrons. The summed E-state index contributed by atoms with van der Waals surface area (Å²) in [5.74, 6) is 0.363. The summed E-state index contributed by atoms with van der Waals surface area (Å²) in [6.45, 7) is 0.164. The Hall–Kier alpha value is -3.14. The van der Waals surface area contributed by atoms with E-state index in [1.54, 1.807) is 19.2 Å². The zero-order valence-corrected chi connectivity index (χ0v) is 15.9. The minimum absolute atomic E-state index is 0.0271. The van der Waals surface area contributed by atoms with Crippen molar-refractivity contribution in [2.24, 2.45) is 0 Å². The molecule has 2 aromatic rings. The number of nitrogens with zero attached hydrogens (tertiary/aromatic N) is 2. The molecule has 3 amide bonds. The highest BCUT2D eigenvalue weighted by Gasteiger charge is 2.29. The Kier molecular flexibility index (Phi) is 6.09. The topological polar surface area (TPSA) is 121 Å². The maximum Gasteiger partial charge on any atom is 0.288 e. The fraction of sp³-hybridized carbons (Fsp3) is 0.278. The van der Waals surface area contributed by atoms with Crippen molar-refractivity contribution in [3.8, 4) is 5.75 Å². The third-order valence-corrected chi connectivity index (χ3v) is 4.87. The van der Waals surface area contributed by atoms with E-state index < -0.39 is 11.5 Å². The summed E-state index contributed by atoms with van der Waals surface area (Å²) in [5.41, 5.74) is 0.427. The van der Waals surface area contributed by atoms with E-state index in [1.165, 1.54) is 0 Å². The number of imide groups is 1. The summed E-state index contributed by atoms with van der Waals surface area (Å²) in [6, 6.07) is 8.38. The summed E-state index contributed by atoms with van der Waals surface area (Å²) in [6.07, 6.45) is 0.342. The van der Waals surface area contributed by atoms with Gasteiger partial charge in [-0.15, -0.1) is 0 Å². The number of hydrogen-bond donors (Lipinski definition) is 2. The Balaban J connectivity index is 1.63. The first kappa shape index (κ1) is 19.6. The SMILES string of the molecule is COc1ccc(Cc2nc(C(=O)NCCN3C(=O)CSC3=O)cc(=O)[nH]2)cc1. The van der Waals surface area contributed by atoms with Crippen LogP contribution in [0.15, 0.2) is 35.1 Å². The monoisotopic (exact) mass is 402 g/mol. The summed E-state index contributed by atoms with van der Waals surface area (Å²) >= 11 is 0.935. The zero-order valence-electron chi connectivity index (χ0n) is 15.1. The Bertz CT molecular complexity index is 941. The van der Waals surface area contributed by atoms with Crippen molar-refractivity contribution >= 4 is 28.8 Å². The van der Waals surface area contributed by atoms with Crippen molar-refractivity contribution in [3.63, 3.8) is 0 Å². The Morgan fingerprint density at radius 1 is 1.29 bits per heavy atom. The number of aromatic nitrogens is 2. The quantitative estimate of drug-likeness (QED) is 0.702. The van der Waals surface area contributed by atoms with E-state index in [2.05, 4.69) is 15.3 Å². The minimum atomic E-state index is -0.547. The summed E-state index contributed by atoms with van der Waals surface area (Å²) in [7, 11) is 1.57. The van der Waals surface area contributed by atoms with Crippen LogP contribution in [0.1, 0.15) is 21.9 Å². The number of carbonyl (C=O) groups is 3. The zero-order chi connectivity index (χ0) is 20.1. The third kappa shape index (κ3) is 4.77. The molecule has 1 fully saturated rings. The number of aromatic amines is 1. The van der Waals surface area contributed by atoms with Crippen LogP contribution in [0, 0.1) is 0 Å². The second-order valence-corrected chi connectivity index (χ2v) is 6.88. The number of H-pyrrole nitrogens is 1. The number of carbonyl (C=O) groups excluding carboxylic acids is 3. The van der Waals surface area contributed by atoms with Gasteiger partial charge in [-0.25, -0.2) is 4.98 Å². The first-order valence-electron chi connectivity index (χ1n) is 8.45. The molecule has 28 heavy (non-hydrogen) atoms. The lowest BCUT2D eigenvalue weighted by Gasteiger charge is -2.13. The van der Waals surface area contributed by atoms with Gasteiger partial charge in [0.25, 0.3) is 16.7 Å². The van der Waals surface area contributed by atoms with Crippen molar-refractivity contribution in [3.05, 3.63) is 57.8 Å². The van der Waals surface area contributed by atoms with E-state index in [9.17, 15) is 19.2 Å². The Morgan fingerprint density at radius 2 is 2.04 bits per heavy atom. The molecule has 9 nitrogen and oxygen atoms in total. The van der Waals surface area contributed by atoms with Crippen LogP contribution in [-0.4, -0.2) is 57.9 Å². The number of methoxy groups -OCH3 is 1. The van der Waals surface area contributed by atoms with Gasteiger partial charge in [0.2, 0.25) is 5.91 Å². The van der Waals surface area contributed by atoms with E-state index in [0.29, 0.717) is 18.0 Å². The lowest BCUT2D eigenvalue weighted by atomic mass is 10.1. The van der Waals surface area contributed by atoms with Crippen molar-refractivity contribution in [1.82, 2.24) is 20.2 Å². The number of benzene rings is 1. The fourth-order valence-electron chi connectivity index (χ4n) is 2.61. The molecule has 0 bridgehead atoms. The van der Waals surface area contributed by atoms with Crippen molar-refractivity contribution in [2.75, 3.05) is 26.0 Å². The molecule has 1 aromatic carbocycles. The van der Waals surface area contributed by atoms with E-state index in [1.807, 2.05) is 12.1 Å². The number of hydrogen-bond acceptors (Lipinski definition) is 7. The number of amides is 3. The molecule has 146 valence electrons. The molecule has 1 aliphatic heterocycles. The maximum atomic E-state index is 12.3. The lowest BCUT2D eigenvalue weighted by molar-refractivity contribution is -0.124. The van der Waals surface area contributed by atoms with Crippen molar-refractivity contribution in [2.45, 2.75) is 6.42 Å². The summed E-state index contributed by atoms with van der Waals surface area (Å²) in [4.78, 5) is 55.1. The summed E-state index contributed by atoms with van der Waals surface area (Å²) < 4.78 is 5.10. The van der Waals surface area contributed by atoms with Gasteiger partial charge in [-0.3, -0.25) is 24.1 Å². The molecule has 0 unspecified atom stereocenters. The molecular formula is C18H18N4O5S. The molecule has 1 saturated heterocycles. The highest BCUT2D eigenvalue weighted by molar-refractivity contribution is 8.14. The highest BCUT2D eigenvalue weighted by Crippen LogP contribution is 2.17. The van der Waals surface area contributed by atoms with Crippen molar-refractivity contribution in [1.29, 1.82) is 0 Å². The number of rotatable bonds is 7. The van der Waals surface area contributed by atoms with E-state index in [4.69, 9.17) is 4.74 Å². The van der Waals surface area contributed by atoms with Crippen LogP contribution in [0.2, 0.25) is 0 Å². The normalized spacial score (nSPS) is 13.7. The second kappa shape index (κ2) is 8.70. The highest BCUT2D eigenvalue weighted by atomic mass is 32.2. The molecular weight excluding hydrogens is 384 g/mol. The Morgan fingerprint density at radius 3 is 2.68 bits per heavy atom. The van der Waals surface area contributed by atoms with Crippen molar-refractivity contribution < 1.29 is 19.1 Å². The fourth-order valence-corrected chi connectivity index (χ4v) is 3.37. The standard InChI is InChI=1S/C18H18N4O5S/c1-27-12-4-2-11(3-5-12)8-14-20-13(9-15(23)21-14)17(25)19-6-7-22-16(24)10-28-18(22)26/h2-5,9H,6-8,10H2,1H3,(H,19,25)(H,20,21,23). The van der Waals surface area contributed by atoms with Gasteiger partial charge in [0.15, 0.2) is 0 Å². The van der Waals surface area contributed by atoms with Gasteiger partial charge in [0.05, 0.1) is 12.9 Å². The van der Waals surface area contributed by atoms with Crippen LogP contribution in [0.3, 0.4) is 0 Å². The molecule has 0 aliphatic carbocycles. The van der Waals surface area contributed by atoms with Gasteiger partial charge in [-0.05, 0) is 17.7 Å². The van der Waals surface area contributed by atoms with Crippen LogP contribution in [0.5, 0.6) is 5.75 Å². The van der Waals surface area contributed by atoms with Gasteiger partial charge in [0, 0.05) is 25.6 Å². The second-order valence-electron chi connectivity index (χ2n) is 5.96. The lowest BCUT2D eigenvalue weighted by Crippen LogP contribution is -2.38. The van der Waals surface area contributed by atoms with Crippen LogP contribution in [0.4, 0.5) is 4.79 Å².